The van der Waals surface area contributed by atoms with Crippen LogP contribution < -0.4 is 10.6 Å². The summed E-state index contributed by atoms with van der Waals surface area (Å²) in [4.78, 5) is 21.1. The van der Waals surface area contributed by atoms with Gasteiger partial charge in [-0.05, 0) is 18.6 Å². The largest absolute Gasteiger partial charge is 0.461 e. The van der Waals surface area contributed by atoms with Gasteiger partial charge in [-0.3, -0.25) is 10.00 Å². The maximum atomic E-state index is 12.2. The van der Waals surface area contributed by atoms with Crippen LogP contribution in [-0.4, -0.2) is 41.9 Å². The molecule has 2 N–H and O–H groups in total. The SMILES string of the molecule is C#CCCCNC(=O)Nc1nc2nn(C)cc2c2nc(-c3ccco3)nn12. The van der Waals surface area contributed by atoms with Crippen LogP contribution in [0.4, 0.5) is 10.7 Å². The van der Waals surface area contributed by atoms with Gasteiger partial charge >= 0.3 is 6.03 Å². The number of amides is 2. The van der Waals surface area contributed by atoms with E-state index in [-0.39, 0.29) is 5.95 Å². The molecular weight excluding hydrogens is 348 g/mol. The summed E-state index contributed by atoms with van der Waals surface area (Å²) in [5, 5.41) is 14.8. The zero-order valence-electron chi connectivity index (χ0n) is 14.5. The number of unbranched alkanes of at least 4 members (excludes halogenated alkanes) is 1. The molecule has 10 heteroatoms. The molecule has 0 aromatic carbocycles. The third-order valence-corrected chi connectivity index (χ3v) is 3.82. The van der Waals surface area contributed by atoms with Gasteiger partial charge in [0, 0.05) is 26.2 Å². The van der Waals surface area contributed by atoms with Crippen LogP contribution >= 0.6 is 0 Å². The Kier molecular flexibility index (Phi) is 4.18. The third kappa shape index (κ3) is 3.18. The fourth-order valence-electron chi connectivity index (χ4n) is 2.63. The summed E-state index contributed by atoms with van der Waals surface area (Å²) in [5.74, 6) is 3.63. The zero-order chi connectivity index (χ0) is 18.8. The Balaban J connectivity index is 1.72. The van der Waals surface area contributed by atoms with Gasteiger partial charge in [0.05, 0.1) is 11.6 Å². The smallest absolute Gasteiger partial charge is 0.321 e. The van der Waals surface area contributed by atoms with Crippen molar-refractivity contribution in [3.63, 3.8) is 0 Å². The first-order chi connectivity index (χ1) is 13.2. The standard InChI is InChI=1S/C17H16N8O2/c1-3-4-5-8-18-17(26)21-16-20-13-11(10-24(2)22-13)15-19-14(23-25(15)16)12-7-6-9-27-12/h1,6-7,9-10H,4-5,8H2,2H3,(H2,18,20,21,22,26). The Morgan fingerprint density at radius 3 is 3.04 bits per heavy atom. The number of aromatic nitrogens is 6. The molecule has 0 bridgehead atoms. The molecule has 0 saturated carbocycles. The van der Waals surface area contributed by atoms with Crippen LogP contribution in [-0.2, 0) is 7.05 Å². The van der Waals surface area contributed by atoms with Gasteiger partial charge in [-0.15, -0.1) is 17.4 Å². The fraction of sp³-hybridized carbons (Fsp3) is 0.235. The monoisotopic (exact) mass is 364 g/mol. The molecule has 4 heterocycles. The van der Waals surface area contributed by atoms with Crippen molar-refractivity contribution in [1.29, 1.82) is 0 Å². The van der Waals surface area contributed by atoms with E-state index in [0.29, 0.717) is 47.7 Å². The molecule has 0 aliphatic heterocycles. The highest BCUT2D eigenvalue weighted by molar-refractivity contribution is 5.93. The number of anilines is 1. The summed E-state index contributed by atoms with van der Waals surface area (Å²) in [7, 11) is 1.78. The van der Waals surface area contributed by atoms with Gasteiger partial charge in [-0.1, -0.05) is 0 Å². The molecular formula is C17H16N8O2. The minimum Gasteiger partial charge on any atom is -0.461 e. The number of nitrogens with zero attached hydrogens (tertiary/aromatic N) is 6. The van der Waals surface area contributed by atoms with Crippen molar-refractivity contribution in [3.05, 3.63) is 24.6 Å². The summed E-state index contributed by atoms with van der Waals surface area (Å²) in [6.45, 7) is 0.458. The maximum Gasteiger partial charge on any atom is 0.321 e. The number of carbonyl (C=O) groups excluding carboxylic acids is 1. The van der Waals surface area contributed by atoms with Crippen LogP contribution in [0.15, 0.2) is 29.0 Å². The quantitative estimate of drug-likeness (QED) is 0.412. The predicted molar refractivity (Wildman–Crippen MR) is 97.8 cm³/mol. The number of carbonyl (C=O) groups is 1. The highest BCUT2D eigenvalue weighted by atomic mass is 16.3. The van der Waals surface area contributed by atoms with Gasteiger partial charge < -0.3 is 9.73 Å². The van der Waals surface area contributed by atoms with Gasteiger partial charge in [0.15, 0.2) is 17.1 Å². The van der Waals surface area contributed by atoms with Crippen molar-refractivity contribution < 1.29 is 9.21 Å². The number of terminal acetylenes is 1. The molecule has 0 unspecified atom stereocenters. The van der Waals surface area contributed by atoms with E-state index in [1.807, 2.05) is 0 Å². The van der Waals surface area contributed by atoms with Gasteiger partial charge in [0.25, 0.3) is 0 Å². The van der Waals surface area contributed by atoms with E-state index >= 15 is 0 Å². The van der Waals surface area contributed by atoms with Crippen molar-refractivity contribution in [2.75, 3.05) is 11.9 Å². The minimum atomic E-state index is -0.411. The summed E-state index contributed by atoms with van der Waals surface area (Å²) < 4.78 is 8.46. The Bertz CT molecular complexity index is 1150. The predicted octanol–water partition coefficient (Wildman–Crippen LogP) is 1.81. The summed E-state index contributed by atoms with van der Waals surface area (Å²) in [5.41, 5.74) is 0.966. The zero-order valence-corrected chi connectivity index (χ0v) is 14.5. The van der Waals surface area contributed by atoms with E-state index in [1.54, 1.807) is 36.3 Å². The lowest BCUT2D eigenvalue weighted by atomic mass is 10.3. The van der Waals surface area contributed by atoms with Gasteiger partial charge in [0.2, 0.25) is 11.8 Å². The molecule has 2 amide bonds. The maximum absolute atomic E-state index is 12.2. The van der Waals surface area contributed by atoms with Crippen molar-refractivity contribution in [3.8, 4) is 23.9 Å². The van der Waals surface area contributed by atoms with Gasteiger partial charge in [-0.25, -0.2) is 9.78 Å². The molecule has 0 spiro atoms. The van der Waals surface area contributed by atoms with Crippen molar-refractivity contribution in [2.24, 2.45) is 7.05 Å². The van der Waals surface area contributed by atoms with Gasteiger partial charge in [0.1, 0.15) is 0 Å². The number of nitrogens with one attached hydrogen (secondary N) is 2. The molecule has 10 nitrogen and oxygen atoms in total. The Morgan fingerprint density at radius 2 is 2.26 bits per heavy atom. The molecule has 136 valence electrons. The topological polar surface area (TPSA) is 115 Å². The lowest BCUT2D eigenvalue weighted by Gasteiger charge is -2.07. The Hall–Kier alpha value is -3.87. The number of hydrogen-bond donors (Lipinski definition) is 2. The molecule has 4 rings (SSSR count). The van der Waals surface area contributed by atoms with Crippen LogP contribution in [0.2, 0.25) is 0 Å². The number of aryl methyl sites for hydroxylation is 1. The molecule has 27 heavy (non-hydrogen) atoms. The molecule has 4 aromatic heterocycles. The van der Waals surface area contributed by atoms with Crippen molar-refractivity contribution in [2.45, 2.75) is 12.8 Å². The summed E-state index contributed by atoms with van der Waals surface area (Å²) in [6, 6.07) is 3.10. The lowest BCUT2D eigenvalue weighted by molar-refractivity contribution is 0.252. The molecule has 4 aromatic rings. The fourth-order valence-corrected chi connectivity index (χ4v) is 2.63. The van der Waals surface area contributed by atoms with Crippen LogP contribution in [0, 0.1) is 12.3 Å². The van der Waals surface area contributed by atoms with Crippen molar-refractivity contribution in [1.82, 2.24) is 34.7 Å². The first kappa shape index (κ1) is 16.6. The third-order valence-electron chi connectivity index (χ3n) is 3.82. The minimum absolute atomic E-state index is 0.205. The highest BCUT2D eigenvalue weighted by Gasteiger charge is 2.18. The van der Waals surface area contributed by atoms with Crippen LogP contribution in [0.25, 0.3) is 28.3 Å². The Labute approximate surface area is 153 Å². The summed E-state index contributed by atoms with van der Waals surface area (Å²) in [6.07, 6.45) is 9.83. The van der Waals surface area contributed by atoms with Crippen molar-refractivity contribution >= 4 is 28.7 Å². The number of fused-ring (bicyclic) bond motifs is 3. The van der Waals surface area contributed by atoms with Crippen LogP contribution in [0.5, 0.6) is 0 Å². The molecule has 0 saturated heterocycles. The molecule has 0 atom stereocenters. The number of hydrogen-bond acceptors (Lipinski definition) is 6. The second kappa shape index (κ2) is 6.80. The van der Waals surface area contributed by atoms with E-state index < -0.39 is 6.03 Å². The number of furan rings is 1. The van der Waals surface area contributed by atoms with E-state index in [4.69, 9.17) is 10.8 Å². The first-order valence-corrected chi connectivity index (χ1v) is 8.28. The van der Waals surface area contributed by atoms with E-state index in [1.165, 1.54) is 4.52 Å². The second-order valence-corrected chi connectivity index (χ2v) is 5.81. The average molecular weight is 364 g/mol. The summed E-state index contributed by atoms with van der Waals surface area (Å²) >= 11 is 0. The van der Waals surface area contributed by atoms with E-state index in [0.717, 1.165) is 0 Å². The van der Waals surface area contributed by atoms with Gasteiger partial charge in [-0.2, -0.15) is 14.6 Å². The normalized spacial score (nSPS) is 11.0. The molecule has 0 aliphatic rings. The van der Waals surface area contributed by atoms with Crippen LogP contribution in [0.3, 0.4) is 0 Å². The first-order valence-electron chi connectivity index (χ1n) is 8.28. The Morgan fingerprint density at radius 1 is 1.37 bits per heavy atom. The average Bonchev–Trinajstić information content (AvgIpc) is 3.36. The van der Waals surface area contributed by atoms with E-state index in [9.17, 15) is 4.79 Å². The van der Waals surface area contributed by atoms with Crippen LogP contribution in [0.1, 0.15) is 12.8 Å². The lowest BCUT2D eigenvalue weighted by Crippen LogP contribution is -2.30. The molecule has 0 radical (unpaired) electrons. The number of urea groups is 1. The molecule has 0 fully saturated rings. The number of rotatable bonds is 5. The second-order valence-electron chi connectivity index (χ2n) is 5.81. The highest BCUT2D eigenvalue weighted by Crippen LogP contribution is 2.23. The molecule has 0 aliphatic carbocycles. The van der Waals surface area contributed by atoms with E-state index in [2.05, 4.69) is 36.7 Å².